The first kappa shape index (κ1) is 18.5. The average Bonchev–Trinajstić information content (AvgIpc) is 3.08. The smallest absolute Gasteiger partial charge is 0.407 e. The van der Waals surface area contributed by atoms with Gasteiger partial charge in [-0.2, -0.15) is 5.10 Å². The summed E-state index contributed by atoms with van der Waals surface area (Å²) in [4.78, 5) is 27.9. The number of carbonyl (C=O) groups excluding carboxylic acids is 2. The average molecular weight is 383 g/mol. The molecule has 2 saturated carbocycles. The van der Waals surface area contributed by atoms with Crippen molar-refractivity contribution in [2.75, 3.05) is 5.32 Å². The van der Waals surface area contributed by atoms with Gasteiger partial charge in [0, 0.05) is 36.8 Å². The monoisotopic (exact) mass is 383 g/mol. The van der Waals surface area contributed by atoms with Crippen molar-refractivity contribution >= 4 is 17.8 Å². The van der Waals surface area contributed by atoms with Crippen molar-refractivity contribution in [1.82, 2.24) is 20.5 Å². The van der Waals surface area contributed by atoms with Crippen LogP contribution in [0, 0.1) is 0 Å². The van der Waals surface area contributed by atoms with Gasteiger partial charge in [-0.1, -0.05) is 6.07 Å². The molecule has 3 N–H and O–H groups in total. The van der Waals surface area contributed by atoms with E-state index in [2.05, 4.69) is 25.8 Å². The third-order valence-electron chi connectivity index (χ3n) is 5.45. The molecule has 0 atom stereocenters. The summed E-state index contributed by atoms with van der Waals surface area (Å²) in [5.74, 6) is 0.776. The van der Waals surface area contributed by atoms with Gasteiger partial charge in [-0.25, -0.2) is 4.79 Å². The van der Waals surface area contributed by atoms with Gasteiger partial charge in [0.1, 0.15) is 11.9 Å². The fourth-order valence-corrected chi connectivity index (χ4v) is 3.43. The predicted molar refractivity (Wildman–Crippen MR) is 103 cm³/mol. The Hall–Kier alpha value is -2.90. The summed E-state index contributed by atoms with van der Waals surface area (Å²) < 4.78 is 5.43. The maximum absolute atomic E-state index is 12.1. The molecule has 0 unspecified atom stereocenters. The van der Waals surface area contributed by atoms with Gasteiger partial charge < -0.3 is 15.4 Å². The van der Waals surface area contributed by atoms with Crippen LogP contribution in [0.4, 0.5) is 10.6 Å². The van der Waals surface area contributed by atoms with E-state index in [0.29, 0.717) is 24.7 Å². The quantitative estimate of drug-likeness (QED) is 0.681. The Morgan fingerprint density at radius 2 is 2.14 bits per heavy atom. The number of amides is 2. The Morgan fingerprint density at radius 1 is 1.29 bits per heavy atom. The molecule has 2 aliphatic carbocycles. The molecule has 2 aromatic heterocycles. The lowest BCUT2D eigenvalue weighted by atomic mass is 9.80. The minimum absolute atomic E-state index is 0.0562. The SMILES string of the molecule is O=C(CCc1cccnc1)Nc1cc([C@H]2C[C@@H](OC(=O)NC3CCC3)C2)n[nH]1. The number of nitrogens with zero attached hydrogens (tertiary/aromatic N) is 2. The minimum atomic E-state index is -0.309. The lowest BCUT2D eigenvalue weighted by Gasteiger charge is -2.34. The highest BCUT2D eigenvalue weighted by Crippen LogP contribution is 2.38. The van der Waals surface area contributed by atoms with Crippen molar-refractivity contribution in [1.29, 1.82) is 0 Å². The standard InChI is InChI=1S/C20H25N5O3/c26-19(7-6-13-3-2-8-21-12-13)23-18-11-17(24-25-18)14-9-16(10-14)28-20(27)22-15-4-1-5-15/h2-3,8,11-12,14-16H,1,4-7,9-10H2,(H,22,27)(H2,23,24,25,26)/t14-,16+. The van der Waals surface area contributed by atoms with Crippen molar-refractivity contribution in [3.05, 3.63) is 41.9 Å². The number of nitrogens with one attached hydrogen (secondary N) is 3. The molecule has 0 radical (unpaired) electrons. The number of anilines is 1. The zero-order valence-corrected chi connectivity index (χ0v) is 15.7. The van der Waals surface area contributed by atoms with Crippen LogP contribution < -0.4 is 10.6 Å². The molecule has 2 fully saturated rings. The van der Waals surface area contributed by atoms with Crippen molar-refractivity contribution in [2.45, 2.75) is 63.0 Å². The number of alkyl carbamates (subject to hydrolysis) is 1. The largest absolute Gasteiger partial charge is 0.446 e. The molecule has 2 aromatic rings. The number of aryl methyl sites for hydroxylation is 1. The highest BCUT2D eigenvalue weighted by molar-refractivity contribution is 5.89. The number of ether oxygens (including phenoxy) is 1. The summed E-state index contributed by atoms with van der Waals surface area (Å²) in [6.45, 7) is 0. The highest BCUT2D eigenvalue weighted by Gasteiger charge is 2.35. The molecular formula is C20H25N5O3. The van der Waals surface area contributed by atoms with Crippen LogP contribution in [0.3, 0.4) is 0 Å². The summed E-state index contributed by atoms with van der Waals surface area (Å²) in [7, 11) is 0. The molecule has 0 aliphatic heterocycles. The molecule has 148 valence electrons. The fraction of sp³-hybridized carbons (Fsp3) is 0.500. The molecule has 2 aliphatic rings. The van der Waals surface area contributed by atoms with Gasteiger partial charge in [-0.3, -0.25) is 14.9 Å². The zero-order chi connectivity index (χ0) is 19.3. The van der Waals surface area contributed by atoms with Crippen molar-refractivity contribution in [3.8, 4) is 0 Å². The van der Waals surface area contributed by atoms with Crippen LogP contribution in [0.25, 0.3) is 0 Å². The first-order valence-electron chi connectivity index (χ1n) is 9.87. The minimum Gasteiger partial charge on any atom is -0.446 e. The van der Waals surface area contributed by atoms with E-state index in [0.717, 1.165) is 36.9 Å². The molecule has 8 nitrogen and oxygen atoms in total. The second kappa shape index (κ2) is 8.41. The molecule has 0 saturated heterocycles. The first-order valence-corrected chi connectivity index (χ1v) is 9.87. The molecule has 4 rings (SSSR count). The Balaban J connectivity index is 1.17. The number of carbonyl (C=O) groups is 2. The number of hydrogen-bond donors (Lipinski definition) is 3. The summed E-state index contributed by atoms with van der Waals surface area (Å²) in [6, 6.07) is 5.97. The van der Waals surface area contributed by atoms with E-state index in [1.54, 1.807) is 12.4 Å². The Labute approximate surface area is 163 Å². The Kier molecular flexibility index (Phi) is 5.55. The van der Waals surface area contributed by atoms with Gasteiger partial charge in [0.15, 0.2) is 0 Å². The summed E-state index contributed by atoms with van der Waals surface area (Å²) in [5, 5.41) is 12.9. The predicted octanol–water partition coefficient (Wildman–Crippen LogP) is 2.90. The van der Waals surface area contributed by atoms with E-state index in [4.69, 9.17) is 4.74 Å². The fourth-order valence-electron chi connectivity index (χ4n) is 3.43. The topological polar surface area (TPSA) is 109 Å². The van der Waals surface area contributed by atoms with E-state index in [1.165, 1.54) is 6.42 Å². The summed E-state index contributed by atoms with van der Waals surface area (Å²) in [6.07, 6.45) is 8.94. The molecule has 0 aromatic carbocycles. The first-order chi connectivity index (χ1) is 13.7. The molecule has 0 bridgehead atoms. The highest BCUT2D eigenvalue weighted by atomic mass is 16.6. The molecule has 0 spiro atoms. The third-order valence-corrected chi connectivity index (χ3v) is 5.45. The number of hydrogen-bond acceptors (Lipinski definition) is 5. The second-order valence-electron chi connectivity index (χ2n) is 7.58. The number of rotatable bonds is 7. The van der Waals surface area contributed by atoms with E-state index < -0.39 is 0 Å². The van der Waals surface area contributed by atoms with Gasteiger partial charge in [0.05, 0.1) is 5.69 Å². The van der Waals surface area contributed by atoms with Crippen LogP contribution in [0.2, 0.25) is 0 Å². The van der Waals surface area contributed by atoms with E-state index >= 15 is 0 Å². The van der Waals surface area contributed by atoms with Gasteiger partial charge in [0.25, 0.3) is 0 Å². The van der Waals surface area contributed by atoms with Crippen molar-refractivity contribution in [3.63, 3.8) is 0 Å². The van der Waals surface area contributed by atoms with Crippen LogP contribution >= 0.6 is 0 Å². The van der Waals surface area contributed by atoms with Crippen molar-refractivity contribution < 1.29 is 14.3 Å². The number of aromatic amines is 1. The lowest BCUT2D eigenvalue weighted by molar-refractivity contribution is -0.116. The van der Waals surface area contributed by atoms with E-state index in [-0.39, 0.29) is 24.0 Å². The Bertz CT molecular complexity index is 812. The second-order valence-corrected chi connectivity index (χ2v) is 7.58. The van der Waals surface area contributed by atoms with Crippen LogP contribution in [0.1, 0.15) is 55.7 Å². The molecule has 2 heterocycles. The zero-order valence-electron chi connectivity index (χ0n) is 15.7. The van der Waals surface area contributed by atoms with E-state index in [1.807, 2.05) is 18.2 Å². The molecule has 28 heavy (non-hydrogen) atoms. The molecule has 8 heteroatoms. The van der Waals surface area contributed by atoms with Crippen LogP contribution in [0.5, 0.6) is 0 Å². The number of aromatic nitrogens is 3. The lowest BCUT2D eigenvalue weighted by Crippen LogP contribution is -2.43. The maximum Gasteiger partial charge on any atom is 0.407 e. The van der Waals surface area contributed by atoms with Gasteiger partial charge in [0.2, 0.25) is 5.91 Å². The Morgan fingerprint density at radius 3 is 2.86 bits per heavy atom. The normalized spacial score (nSPS) is 21.3. The number of pyridine rings is 1. The third kappa shape index (κ3) is 4.68. The number of H-pyrrole nitrogens is 1. The maximum atomic E-state index is 12.1. The molecule has 2 amide bonds. The molecular weight excluding hydrogens is 358 g/mol. The summed E-state index contributed by atoms with van der Waals surface area (Å²) in [5.41, 5.74) is 1.92. The van der Waals surface area contributed by atoms with Crippen molar-refractivity contribution in [2.24, 2.45) is 0 Å². The van der Waals surface area contributed by atoms with Crippen LogP contribution in [-0.2, 0) is 16.0 Å². The van der Waals surface area contributed by atoms with Gasteiger partial charge in [-0.15, -0.1) is 0 Å². The van der Waals surface area contributed by atoms with Crippen LogP contribution in [0.15, 0.2) is 30.6 Å². The van der Waals surface area contributed by atoms with Crippen LogP contribution in [-0.4, -0.2) is 39.3 Å². The van der Waals surface area contributed by atoms with E-state index in [9.17, 15) is 9.59 Å². The summed E-state index contributed by atoms with van der Waals surface area (Å²) >= 11 is 0. The van der Waals surface area contributed by atoms with Gasteiger partial charge in [-0.05, 0) is 50.2 Å². The van der Waals surface area contributed by atoms with Gasteiger partial charge >= 0.3 is 6.09 Å².